The van der Waals surface area contributed by atoms with E-state index in [2.05, 4.69) is 155 Å². The summed E-state index contributed by atoms with van der Waals surface area (Å²) in [5.41, 5.74) is 18.4. The van der Waals surface area contributed by atoms with E-state index >= 15 is 0 Å². The van der Waals surface area contributed by atoms with Crippen molar-refractivity contribution in [3.63, 3.8) is 0 Å². The molecule has 4 aliphatic carbocycles. The molecular formula is C66H40N4O2. The van der Waals surface area contributed by atoms with Gasteiger partial charge < -0.3 is 18.6 Å². The van der Waals surface area contributed by atoms with Crippen LogP contribution >= 0.6 is 0 Å². The highest BCUT2D eigenvalue weighted by molar-refractivity contribution is 6.11. The maximum Gasteiger partial charge on any atom is 0.159 e. The Kier molecular flexibility index (Phi) is 9.36. The standard InChI is InChI=1S/C66H40N4O2/c67-39-41-33-47(43-13-3-1-4-14-43)37-49(35-41)69(59-21-11-19-53-51-17-7-9-23-61(51)71-65(53)59)57-31-27-45-26-30-56-58(32-28-46-25-29-55(57)63(45)64(46)56)70(50-36-42(40-68)34-48(38-50)44-15-5-2-6-16-44)60-22-12-20-54-52-18-8-10-24-62(52)72-66(54)60/h1-38,63-64H. The number of hydrogen-bond donors (Lipinski definition) is 0. The lowest BCUT2D eigenvalue weighted by Crippen LogP contribution is -2.35. The molecule has 0 saturated carbocycles. The van der Waals surface area contributed by atoms with Crippen molar-refractivity contribution in [1.29, 1.82) is 10.5 Å². The van der Waals surface area contributed by atoms with Crippen molar-refractivity contribution in [2.45, 2.75) is 0 Å². The molecule has 72 heavy (non-hydrogen) atoms. The maximum atomic E-state index is 10.6. The molecule has 8 aromatic carbocycles. The predicted molar refractivity (Wildman–Crippen MR) is 290 cm³/mol. The van der Waals surface area contributed by atoms with Crippen molar-refractivity contribution in [1.82, 2.24) is 0 Å². The molecule has 0 amide bonds. The normalized spacial score (nSPS) is 16.5. The maximum absolute atomic E-state index is 10.6. The molecule has 0 radical (unpaired) electrons. The Hall–Kier alpha value is -9.88. The molecule has 6 nitrogen and oxygen atoms in total. The zero-order valence-corrected chi connectivity index (χ0v) is 38.7. The largest absolute Gasteiger partial charge is 0.454 e. The van der Waals surface area contributed by atoms with Crippen LogP contribution in [-0.4, -0.2) is 0 Å². The fourth-order valence-corrected chi connectivity index (χ4v) is 11.5. The highest BCUT2D eigenvalue weighted by atomic mass is 16.3. The zero-order valence-electron chi connectivity index (χ0n) is 38.7. The van der Waals surface area contributed by atoms with Gasteiger partial charge in [-0.15, -0.1) is 0 Å². The van der Waals surface area contributed by atoms with Gasteiger partial charge in [0.25, 0.3) is 0 Å². The van der Waals surface area contributed by atoms with Crippen LogP contribution in [0.15, 0.2) is 273 Å². The van der Waals surface area contributed by atoms with Gasteiger partial charge in [0.2, 0.25) is 0 Å². The van der Waals surface area contributed by atoms with Gasteiger partial charge in [0.05, 0.1) is 46.0 Å². The SMILES string of the molecule is N#Cc1cc(-c2ccccc2)cc(N(C2=CC=C3C=CC4=C(N(c5cc(C#N)cc(-c6ccccc6)c5)c5cccc6c5oc5ccccc56)C=CC5=CC=C2C3C54)c2cccc3c2oc2ccccc23)c1. The monoisotopic (exact) mass is 920 g/mol. The fraction of sp³-hybridized carbons (Fsp3) is 0.0303. The quantitative estimate of drug-likeness (QED) is 0.151. The van der Waals surface area contributed by atoms with E-state index in [0.29, 0.717) is 11.1 Å². The number of nitriles is 2. The minimum absolute atomic E-state index is 0.0655. The molecule has 4 aliphatic rings. The highest BCUT2D eigenvalue weighted by Crippen LogP contribution is 2.55. The minimum atomic E-state index is -0.0655. The van der Waals surface area contributed by atoms with Crippen LogP contribution in [0.5, 0.6) is 0 Å². The lowest BCUT2D eigenvalue weighted by molar-refractivity contribution is 0.551. The molecule has 10 aromatic rings. The van der Waals surface area contributed by atoms with Crippen molar-refractivity contribution >= 4 is 66.6 Å². The third-order valence-corrected chi connectivity index (χ3v) is 14.6. The third-order valence-electron chi connectivity index (χ3n) is 14.6. The molecule has 0 aliphatic heterocycles. The molecule has 2 heterocycles. The summed E-state index contributed by atoms with van der Waals surface area (Å²) < 4.78 is 13.6. The zero-order chi connectivity index (χ0) is 47.9. The van der Waals surface area contributed by atoms with Gasteiger partial charge in [-0.05, 0) is 117 Å². The Morgan fingerprint density at radius 2 is 0.903 bits per heavy atom. The summed E-state index contributed by atoms with van der Waals surface area (Å²) in [6.45, 7) is 0. The number of fused-ring (bicyclic) bond motifs is 6. The number of anilines is 4. The highest BCUT2D eigenvalue weighted by Gasteiger charge is 2.43. The average molecular weight is 921 g/mol. The van der Waals surface area contributed by atoms with E-state index in [1.165, 1.54) is 11.1 Å². The van der Waals surface area contributed by atoms with Gasteiger partial charge in [0.1, 0.15) is 11.2 Å². The van der Waals surface area contributed by atoms with Gasteiger partial charge in [-0.25, -0.2) is 0 Å². The van der Waals surface area contributed by atoms with Crippen LogP contribution in [0, 0.1) is 34.5 Å². The van der Waals surface area contributed by atoms with E-state index in [-0.39, 0.29) is 11.8 Å². The first-order valence-electron chi connectivity index (χ1n) is 24.2. The van der Waals surface area contributed by atoms with Gasteiger partial charge >= 0.3 is 0 Å². The van der Waals surface area contributed by atoms with Crippen LogP contribution in [0.2, 0.25) is 0 Å². The smallest absolute Gasteiger partial charge is 0.159 e. The number of allylic oxidation sites excluding steroid dienone is 12. The molecular weight excluding hydrogens is 881 g/mol. The van der Waals surface area contributed by atoms with Crippen LogP contribution in [0.25, 0.3) is 66.1 Å². The first-order valence-corrected chi connectivity index (χ1v) is 24.2. The van der Waals surface area contributed by atoms with Crippen LogP contribution < -0.4 is 9.80 Å². The molecule has 0 fully saturated rings. The second kappa shape index (κ2) is 16.4. The molecule has 6 heteroatoms. The third kappa shape index (κ3) is 6.48. The number of rotatable bonds is 8. The Bertz CT molecular complexity index is 4260. The molecule has 2 atom stereocenters. The van der Waals surface area contributed by atoms with Crippen molar-refractivity contribution in [3.05, 3.63) is 275 Å². The first-order chi connectivity index (χ1) is 35.6. The molecule has 2 unspecified atom stereocenters. The molecule has 0 N–H and O–H groups in total. The van der Waals surface area contributed by atoms with E-state index in [0.717, 1.165) is 111 Å². The summed E-state index contributed by atoms with van der Waals surface area (Å²) in [6.07, 6.45) is 18.1. The second-order valence-electron chi connectivity index (χ2n) is 18.6. The van der Waals surface area contributed by atoms with E-state index in [9.17, 15) is 10.5 Å². The summed E-state index contributed by atoms with van der Waals surface area (Å²) in [7, 11) is 0. The fourth-order valence-electron chi connectivity index (χ4n) is 11.5. The number of benzene rings is 8. The van der Waals surface area contributed by atoms with Gasteiger partial charge in [-0.2, -0.15) is 10.5 Å². The first kappa shape index (κ1) is 41.1. The van der Waals surface area contributed by atoms with E-state index < -0.39 is 0 Å². The number of furan rings is 2. The minimum Gasteiger partial charge on any atom is -0.454 e. The summed E-state index contributed by atoms with van der Waals surface area (Å²) >= 11 is 0. The van der Waals surface area contributed by atoms with Crippen LogP contribution in [-0.2, 0) is 0 Å². The van der Waals surface area contributed by atoms with Crippen molar-refractivity contribution in [2.24, 2.45) is 11.8 Å². The molecule has 336 valence electrons. The summed E-state index contributed by atoms with van der Waals surface area (Å²) in [5, 5.41) is 25.3. The van der Waals surface area contributed by atoms with E-state index in [1.54, 1.807) is 0 Å². The van der Waals surface area contributed by atoms with E-state index in [1.807, 2.05) is 97.1 Å². The van der Waals surface area contributed by atoms with Gasteiger partial charge in [-0.3, -0.25) is 0 Å². The summed E-state index contributed by atoms with van der Waals surface area (Å²) in [4.78, 5) is 4.59. The van der Waals surface area contributed by atoms with Gasteiger partial charge in [0.15, 0.2) is 11.2 Å². The van der Waals surface area contributed by atoms with Crippen LogP contribution in [0.3, 0.4) is 0 Å². The van der Waals surface area contributed by atoms with Crippen LogP contribution in [0.1, 0.15) is 11.1 Å². The average Bonchev–Trinajstić information content (AvgIpc) is 4.03. The Labute approximate surface area is 415 Å². The topological polar surface area (TPSA) is 80.3 Å². The lowest BCUT2D eigenvalue weighted by Gasteiger charge is -2.45. The van der Waals surface area contributed by atoms with E-state index in [4.69, 9.17) is 8.83 Å². The van der Waals surface area contributed by atoms with Crippen molar-refractivity contribution < 1.29 is 8.83 Å². The Balaban J connectivity index is 0.974. The van der Waals surface area contributed by atoms with Gasteiger partial charge in [-0.1, -0.05) is 158 Å². The number of para-hydroxylation sites is 4. The predicted octanol–water partition coefficient (Wildman–Crippen LogP) is 16.9. The van der Waals surface area contributed by atoms with Crippen molar-refractivity contribution in [2.75, 3.05) is 9.80 Å². The number of nitrogens with zero attached hydrogens (tertiary/aromatic N) is 4. The molecule has 0 saturated heterocycles. The summed E-state index contributed by atoms with van der Waals surface area (Å²) in [5.74, 6) is -0.131. The lowest BCUT2D eigenvalue weighted by atomic mass is 9.63. The molecule has 14 rings (SSSR count). The van der Waals surface area contributed by atoms with Crippen LogP contribution in [0.4, 0.5) is 22.7 Å². The summed E-state index contributed by atoms with van der Waals surface area (Å²) in [6, 6.07) is 66.8. The molecule has 2 aromatic heterocycles. The Morgan fingerprint density at radius 1 is 0.403 bits per heavy atom. The second-order valence-corrected chi connectivity index (χ2v) is 18.6. The Morgan fingerprint density at radius 3 is 1.50 bits per heavy atom. The molecule has 0 bridgehead atoms. The molecule has 0 spiro atoms. The number of hydrogen-bond acceptors (Lipinski definition) is 6. The van der Waals surface area contributed by atoms with Crippen molar-refractivity contribution in [3.8, 4) is 34.4 Å². The van der Waals surface area contributed by atoms with Gasteiger partial charge in [0, 0.05) is 44.8 Å².